The van der Waals surface area contributed by atoms with Gasteiger partial charge < -0.3 is 4.74 Å². The van der Waals surface area contributed by atoms with E-state index >= 15 is 0 Å². The molecule has 1 amide bonds. The van der Waals surface area contributed by atoms with Gasteiger partial charge in [0.2, 0.25) is 11.0 Å². The molecule has 98 valence electrons. The van der Waals surface area contributed by atoms with Gasteiger partial charge in [-0.05, 0) is 25.1 Å². The van der Waals surface area contributed by atoms with Crippen molar-refractivity contribution >= 4 is 28.5 Å². The van der Waals surface area contributed by atoms with Crippen LogP contribution in [0.15, 0.2) is 29.8 Å². The number of hydrogen-bond acceptors (Lipinski definition) is 5. The molecule has 2 aromatic rings. The first-order chi connectivity index (χ1) is 9.19. The van der Waals surface area contributed by atoms with Crippen LogP contribution in [0.1, 0.15) is 11.1 Å². The molecule has 1 aromatic heterocycles. The number of rotatable bonds is 4. The highest BCUT2D eigenvalue weighted by molar-refractivity contribution is 7.13. The normalized spacial score (nSPS) is 10.6. The second kappa shape index (κ2) is 6.10. The Kier molecular flexibility index (Phi) is 4.25. The average Bonchev–Trinajstić information content (AvgIpc) is 2.89. The van der Waals surface area contributed by atoms with Gasteiger partial charge in [-0.25, -0.2) is 0 Å². The van der Waals surface area contributed by atoms with Crippen molar-refractivity contribution in [2.75, 3.05) is 12.4 Å². The minimum Gasteiger partial charge on any atom is -0.496 e. The number of nitrogens with zero attached hydrogens (tertiary/aromatic N) is 2. The van der Waals surface area contributed by atoms with Crippen LogP contribution >= 0.6 is 11.3 Å². The van der Waals surface area contributed by atoms with E-state index in [4.69, 9.17) is 4.74 Å². The fourth-order valence-corrected chi connectivity index (χ4v) is 1.97. The minimum atomic E-state index is -0.250. The summed E-state index contributed by atoms with van der Waals surface area (Å²) >= 11 is 1.27. The predicted octanol–water partition coefficient (Wildman–Crippen LogP) is 2.51. The SMILES string of the molecule is COc1ccc(C)cc1C=CC(=O)Nc1nncs1. The number of aryl methyl sites for hydroxylation is 1. The molecule has 0 saturated heterocycles. The number of carbonyl (C=O) groups is 1. The highest BCUT2D eigenvalue weighted by Crippen LogP contribution is 2.21. The molecule has 0 aliphatic heterocycles. The molecule has 2 rings (SSSR count). The van der Waals surface area contributed by atoms with Gasteiger partial charge in [-0.3, -0.25) is 10.1 Å². The molecule has 0 aliphatic rings. The summed E-state index contributed by atoms with van der Waals surface area (Å²) in [7, 11) is 1.60. The molecule has 0 unspecified atom stereocenters. The van der Waals surface area contributed by atoms with Gasteiger partial charge >= 0.3 is 0 Å². The van der Waals surface area contributed by atoms with Crippen LogP contribution < -0.4 is 10.1 Å². The summed E-state index contributed by atoms with van der Waals surface area (Å²) in [4.78, 5) is 11.7. The lowest BCUT2D eigenvalue weighted by Gasteiger charge is -2.05. The maximum Gasteiger partial charge on any atom is 0.250 e. The van der Waals surface area contributed by atoms with Crippen LogP contribution in [-0.4, -0.2) is 23.2 Å². The van der Waals surface area contributed by atoms with Crippen molar-refractivity contribution in [2.45, 2.75) is 6.92 Å². The van der Waals surface area contributed by atoms with Crippen molar-refractivity contribution in [3.8, 4) is 5.75 Å². The summed E-state index contributed by atoms with van der Waals surface area (Å²) in [5.41, 5.74) is 3.52. The van der Waals surface area contributed by atoms with Crippen molar-refractivity contribution in [2.24, 2.45) is 0 Å². The third kappa shape index (κ3) is 3.62. The summed E-state index contributed by atoms with van der Waals surface area (Å²) < 4.78 is 5.24. The maximum absolute atomic E-state index is 11.7. The van der Waals surface area contributed by atoms with Gasteiger partial charge in [0.05, 0.1) is 7.11 Å². The van der Waals surface area contributed by atoms with Gasteiger partial charge in [-0.2, -0.15) is 0 Å². The lowest BCUT2D eigenvalue weighted by atomic mass is 10.1. The lowest BCUT2D eigenvalue weighted by molar-refractivity contribution is -0.111. The zero-order chi connectivity index (χ0) is 13.7. The fourth-order valence-electron chi connectivity index (χ4n) is 1.52. The molecule has 6 heteroatoms. The first-order valence-electron chi connectivity index (χ1n) is 5.59. The Morgan fingerprint density at radius 3 is 3.00 bits per heavy atom. The van der Waals surface area contributed by atoms with E-state index in [2.05, 4.69) is 15.5 Å². The molecule has 19 heavy (non-hydrogen) atoms. The van der Waals surface area contributed by atoms with Gasteiger partial charge in [0.15, 0.2) is 0 Å². The Hall–Kier alpha value is -2.21. The van der Waals surface area contributed by atoms with Crippen LogP contribution in [-0.2, 0) is 4.79 Å². The molecule has 0 aliphatic carbocycles. The molecule has 1 heterocycles. The lowest BCUT2D eigenvalue weighted by Crippen LogP contribution is -2.07. The molecule has 0 radical (unpaired) electrons. The first-order valence-corrected chi connectivity index (χ1v) is 6.47. The number of nitrogens with one attached hydrogen (secondary N) is 1. The predicted molar refractivity (Wildman–Crippen MR) is 75.3 cm³/mol. The van der Waals surface area contributed by atoms with Crippen LogP contribution in [0.4, 0.5) is 5.13 Å². The van der Waals surface area contributed by atoms with Crippen LogP contribution in [0.3, 0.4) is 0 Å². The van der Waals surface area contributed by atoms with Crippen LogP contribution in [0.25, 0.3) is 6.08 Å². The van der Waals surface area contributed by atoms with Crippen molar-refractivity contribution < 1.29 is 9.53 Å². The van der Waals surface area contributed by atoms with Gasteiger partial charge in [0, 0.05) is 11.6 Å². The van der Waals surface area contributed by atoms with E-state index in [9.17, 15) is 4.79 Å². The zero-order valence-electron chi connectivity index (χ0n) is 10.6. The molecular formula is C13H13N3O2S. The van der Waals surface area contributed by atoms with E-state index < -0.39 is 0 Å². The Labute approximate surface area is 114 Å². The highest BCUT2D eigenvalue weighted by Gasteiger charge is 2.03. The number of ether oxygens (including phenoxy) is 1. The average molecular weight is 275 g/mol. The summed E-state index contributed by atoms with van der Waals surface area (Å²) in [6.45, 7) is 1.98. The Balaban J connectivity index is 2.09. The fraction of sp³-hybridized carbons (Fsp3) is 0.154. The number of aromatic nitrogens is 2. The standard InChI is InChI=1S/C13H13N3O2S/c1-9-3-5-11(18-2)10(7-9)4-6-12(17)15-13-16-14-8-19-13/h3-8H,1-2H3,(H,15,16,17). The zero-order valence-corrected chi connectivity index (χ0v) is 11.4. The van der Waals surface area contributed by atoms with E-state index in [0.717, 1.165) is 16.9 Å². The second-order valence-corrected chi connectivity index (χ2v) is 4.65. The summed E-state index contributed by atoms with van der Waals surface area (Å²) in [5, 5.41) is 10.5. The van der Waals surface area contributed by atoms with Gasteiger partial charge in [0.1, 0.15) is 11.3 Å². The maximum atomic E-state index is 11.7. The third-order valence-electron chi connectivity index (χ3n) is 2.39. The van der Waals surface area contributed by atoms with Crippen molar-refractivity contribution in [3.05, 3.63) is 40.9 Å². The van der Waals surface area contributed by atoms with Crippen molar-refractivity contribution in [3.63, 3.8) is 0 Å². The minimum absolute atomic E-state index is 0.250. The molecule has 5 nitrogen and oxygen atoms in total. The third-order valence-corrected chi connectivity index (χ3v) is 3.00. The molecule has 0 saturated carbocycles. The summed E-state index contributed by atoms with van der Waals surface area (Å²) in [5.74, 6) is 0.478. The van der Waals surface area contributed by atoms with Gasteiger partial charge in [-0.1, -0.05) is 23.0 Å². The number of carbonyl (C=O) groups excluding carboxylic acids is 1. The molecule has 1 aromatic carbocycles. The summed E-state index contributed by atoms with van der Waals surface area (Å²) in [6.07, 6.45) is 3.15. The van der Waals surface area contributed by atoms with Crippen LogP contribution in [0, 0.1) is 6.92 Å². The van der Waals surface area contributed by atoms with E-state index in [1.807, 2.05) is 25.1 Å². The van der Waals surface area contributed by atoms with E-state index in [1.54, 1.807) is 18.7 Å². The monoisotopic (exact) mass is 275 g/mol. The topological polar surface area (TPSA) is 64.1 Å². The number of amides is 1. The van der Waals surface area contributed by atoms with Crippen molar-refractivity contribution in [1.29, 1.82) is 0 Å². The summed E-state index contributed by atoms with van der Waals surface area (Å²) in [6, 6.07) is 5.78. The van der Waals surface area contributed by atoms with Crippen LogP contribution in [0.5, 0.6) is 5.75 Å². The smallest absolute Gasteiger partial charge is 0.250 e. The second-order valence-electron chi connectivity index (χ2n) is 3.81. The molecule has 0 bridgehead atoms. The van der Waals surface area contributed by atoms with E-state index in [0.29, 0.717) is 5.13 Å². The molecule has 0 atom stereocenters. The Bertz CT molecular complexity index is 594. The Morgan fingerprint density at radius 2 is 2.32 bits per heavy atom. The van der Waals surface area contributed by atoms with E-state index in [-0.39, 0.29) is 5.91 Å². The quantitative estimate of drug-likeness (QED) is 0.871. The molecule has 0 fully saturated rings. The molecule has 0 spiro atoms. The number of anilines is 1. The van der Waals surface area contributed by atoms with Gasteiger partial charge in [-0.15, -0.1) is 10.2 Å². The van der Waals surface area contributed by atoms with Crippen LogP contribution in [0.2, 0.25) is 0 Å². The number of benzene rings is 1. The molecular weight excluding hydrogens is 262 g/mol. The number of methoxy groups -OCH3 is 1. The van der Waals surface area contributed by atoms with Gasteiger partial charge in [0.25, 0.3) is 0 Å². The first kappa shape index (κ1) is 13.2. The molecule has 1 N–H and O–H groups in total. The Morgan fingerprint density at radius 1 is 1.47 bits per heavy atom. The van der Waals surface area contributed by atoms with Crippen molar-refractivity contribution in [1.82, 2.24) is 10.2 Å². The highest BCUT2D eigenvalue weighted by atomic mass is 32.1. The van der Waals surface area contributed by atoms with E-state index in [1.165, 1.54) is 17.4 Å². The largest absolute Gasteiger partial charge is 0.496 e. The number of hydrogen-bond donors (Lipinski definition) is 1.